The van der Waals surface area contributed by atoms with Crippen LogP contribution in [0.25, 0.3) is 0 Å². The number of carbonyl (C=O) groups is 1. The molecule has 0 aliphatic rings. The van der Waals surface area contributed by atoms with E-state index in [-0.39, 0.29) is 5.97 Å². The second kappa shape index (κ2) is 5.26. The summed E-state index contributed by atoms with van der Waals surface area (Å²) in [5.41, 5.74) is 2.51. The first kappa shape index (κ1) is 13.3. The Kier molecular flexibility index (Phi) is 3.69. The fourth-order valence-corrected chi connectivity index (χ4v) is 1.78. The van der Waals surface area contributed by atoms with Crippen molar-refractivity contribution in [2.45, 2.75) is 26.7 Å². The van der Waals surface area contributed by atoms with Crippen LogP contribution < -0.4 is 4.74 Å². The lowest BCUT2D eigenvalue weighted by molar-refractivity contribution is 0.0734. The number of aromatic nitrogens is 2. The van der Waals surface area contributed by atoms with Gasteiger partial charge >= 0.3 is 5.97 Å². The second-order valence-corrected chi connectivity index (χ2v) is 4.88. The van der Waals surface area contributed by atoms with E-state index in [0.29, 0.717) is 17.2 Å². The zero-order chi connectivity index (χ0) is 14.0. The maximum Gasteiger partial charge on any atom is 0.347 e. The lowest BCUT2D eigenvalue weighted by Crippen LogP contribution is -2.09. The molecule has 0 unspecified atom stereocenters. The van der Waals surface area contributed by atoms with Crippen molar-refractivity contribution in [3.63, 3.8) is 0 Å². The molecule has 1 heterocycles. The van der Waals surface area contributed by atoms with Crippen molar-refractivity contribution in [2.24, 2.45) is 7.05 Å². The number of hydrogen-bond acceptors (Lipinski definition) is 3. The van der Waals surface area contributed by atoms with Crippen molar-refractivity contribution < 1.29 is 9.53 Å². The number of ether oxygens (including phenoxy) is 1. The molecule has 0 aliphatic carbocycles. The van der Waals surface area contributed by atoms with Gasteiger partial charge in [-0.1, -0.05) is 26.0 Å². The SMILES string of the molecule is Cc1c(C(=O)Oc2ccc(C(C)C)cc2)cnn1C. The largest absolute Gasteiger partial charge is 0.423 e. The van der Waals surface area contributed by atoms with E-state index in [1.807, 2.05) is 31.2 Å². The monoisotopic (exact) mass is 258 g/mol. The Bertz CT molecular complexity index is 583. The van der Waals surface area contributed by atoms with Gasteiger partial charge in [0.15, 0.2) is 0 Å². The minimum absolute atomic E-state index is 0.372. The highest BCUT2D eigenvalue weighted by Gasteiger charge is 2.15. The number of nitrogens with zero attached hydrogens (tertiary/aromatic N) is 2. The molecule has 4 nitrogen and oxygen atoms in total. The number of esters is 1. The molecule has 0 fully saturated rings. The van der Waals surface area contributed by atoms with Crippen LogP contribution in [-0.2, 0) is 7.05 Å². The molecule has 0 saturated heterocycles. The van der Waals surface area contributed by atoms with Crippen molar-refractivity contribution in [1.82, 2.24) is 9.78 Å². The molecule has 2 rings (SSSR count). The Morgan fingerprint density at radius 3 is 2.37 bits per heavy atom. The minimum Gasteiger partial charge on any atom is -0.423 e. The fourth-order valence-electron chi connectivity index (χ4n) is 1.78. The van der Waals surface area contributed by atoms with Gasteiger partial charge in [-0.3, -0.25) is 4.68 Å². The van der Waals surface area contributed by atoms with Gasteiger partial charge in [-0.2, -0.15) is 5.10 Å². The zero-order valence-corrected chi connectivity index (χ0v) is 11.7. The Labute approximate surface area is 113 Å². The van der Waals surface area contributed by atoms with Gasteiger partial charge in [-0.15, -0.1) is 0 Å². The molecule has 0 amide bonds. The van der Waals surface area contributed by atoms with Crippen LogP contribution in [0.4, 0.5) is 0 Å². The molecular weight excluding hydrogens is 240 g/mol. The van der Waals surface area contributed by atoms with Crippen molar-refractivity contribution >= 4 is 5.97 Å². The van der Waals surface area contributed by atoms with Crippen LogP contribution in [0.3, 0.4) is 0 Å². The predicted molar refractivity (Wildman–Crippen MR) is 73.4 cm³/mol. The van der Waals surface area contributed by atoms with Crippen LogP contribution in [0.1, 0.15) is 41.4 Å². The fraction of sp³-hybridized carbons (Fsp3) is 0.333. The van der Waals surface area contributed by atoms with Crippen LogP contribution >= 0.6 is 0 Å². The molecule has 2 aromatic rings. The Balaban J connectivity index is 2.13. The summed E-state index contributed by atoms with van der Waals surface area (Å²) in [6, 6.07) is 7.59. The number of benzene rings is 1. The quantitative estimate of drug-likeness (QED) is 0.627. The molecule has 0 radical (unpaired) electrons. The maximum absolute atomic E-state index is 12.0. The summed E-state index contributed by atoms with van der Waals surface area (Å²) < 4.78 is 6.99. The summed E-state index contributed by atoms with van der Waals surface area (Å²) in [7, 11) is 1.80. The molecule has 0 aliphatic heterocycles. The number of rotatable bonds is 3. The summed E-state index contributed by atoms with van der Waals surface area (Å²) in [6.07, 6.45) is 1.53. The molecule has 1 aromatic heterocycles. The van der Waals surface area contributed by atoms with E-state index >= 15 is 0 Å². The normalized spacial score (nSPS) is 10.8. The van der Waals surface area contributed by atoms with Crippen LogP contribution in [0.15, 0.2) is 30.5 Å². The lowest BCUT2D eigenvalue weighted by atomic mass is 10.0. The molecule has 0 N–H and O–H groups in total. The Morgan fingerprint density at radius 1 is 1.26 bits per heavy atom. The molecule has 0 spiro atoms. The van der Waals surface area contributed by atoms with Gasteiger partial charge in [0, 0.05) is 12.7 Å². The van der Waals surface area contributed by atoms with Gasteiger partial charge in [-0.25, -0.2) is 4.79 Å². The van der Waals surface area contributed by atoms with Gasteiger partial charge in [0.05, 0.1) is 6.20 Å². The van der Waals surface area contributed by atoms with E-state index in [9.17, 15) is 4.79 Å². The first-order valence-electron chi connectivity index (χ1n) is 6.29. The van der Waals surface area contributed by atoms with Crippen molar-refractivity contribution in [1.29, 1.82) is 0 Å². The molecule has 1 aromatic carbocycles. The van der Waals surface area contributed by atoms with Crippen LogP contribution in [-0.4, -0.2) is 15.7 Å². The second-order valence-electron chi connectivity index (χ2n) is 4.88. The molecule has 0 bridgehead atoms. The van der Waals surface area contributed by atoms with Crippen LogP contribution in [0.2, 0.25) is 0 Å². The van der Waals surface area contributed by atoms with Gasteiger partial charge in [0.1, 0.15) is 11.3 Å². The lowest BCUT2D eigenvalue weighted by Gasteiger charge is -2.07. The molecule has 4 heteroatoms. The summed E-state index contributed by atoms with van der Waals surface area (Å²) in [5.74, 6) is 0.644. The summed E-state index contributed by atoms with van der Waals surface area (Å²) in [4.78, 5) is 12.0. The maximum atomic E-state index is 12.0. The molecule has 100 valence electrons. The molecular formula is C15H18N2O2. The van der Waals surface area contributed by atoms with Crippen molar-refractivity contribution in [3.05, 3.63) is 47.3 Å². The first-order valence-corrected chi connectivity index (χ1v) is 6.29. The van der Waals surface area contributed by atoms with E-state index in [1.54, 1.807) is 11.7 Å². The number of carbonyl (C=O) groups excluding carboxylic acids is 1. The van der Waals surface area contributed by atoms with Gasteiger partial charge in [-0.05, 0) is 30.5 Å². The predicted octanol–water partition coefficient (Wildman–Crippen LogP) is 3.07. The third-order valence-corrected chi connectivity index (χ3v) is 3.21. The van der Waals surface area contributed by atoms with Crippen LogP contribution in [0.5, 0.6) is 5.75 Å². The molecule has 19 heavy (non-hydrogen) atoms. The summed E-state index contributed by atoms with van der Waals surface area (Å²) >= 11 is 0. The topological polar surface area (TPSA) is 44.1 Å². The van der Waals surface area contributed by atoms with Gasteiger partial charge in [0.25, 0.3) is 0 Å². The van der Waals surface area contributed by atoms with E-state index < -0.39 is 0 Å². The van der Waals surface area contributed by atoms with Gasteiger partial charge < -0.3 is 4.74 Å². The third-order valence-electron chi connectivity index (χ3n) is 3.21. The van der Waals surface area contributed by atoms with Crippen molar-refractivity contribution in [2.75, 3.05) is 0 Å². The average molecular weight is 258 g/mol. The Hall–Kier alpha value is -2.10. The Morgan fingerprint density at radius 2 is 1.89 bits per heavy atom. The zero-order valence-electron chi connectivity index (χ0n) is 11.7. The van der Waals surface area contributed by atoms with Gasteiger partial charge in [0.2, 0.25) is 0 Å². The highest BCUT2D eigenvalue weighted by molar-refractivity contribution is 5.91. The van der Waals surface area contributed by atoms with Crippen molar-refractivity contribution in [3.8, 4) is 5.75 Å². The average Bonchev–Trinajstić information content (AvgIpc) is 2.70. The summed E-state index contributed by atoms with van der Waals surface area (Å²) in [5, 5.41) is 4.03. The van der Waals surface area contributed by atoms with E-state index in [1.165, 1.54) is 11.8 Å². The number of aryl methyl sites for hydroxylation is 1. The van der Waals surface area contributed by atoms with E-state index in [0.717, 1.165) is 5.69 Å². The van der Waals surface area contributed by atoms with E-state index in [4.69, 9.17) is 4.74 Å². The summed E-state index contributed by atoms with van der Waals surface area (Å²) in [6.45, 7) is 6.09. The van der Waals surface area contributed by atoms with Crippen LogP contribution in [0, 0.1) is 6.92 Å². The molecule has 0 saturated carbocycles. The molecule has 0 atom stereocenters. The minimum atomic E-state index is -0.372. The first-order chi connectivity index (χ1) is 8.99. The van der Waals surface area contributed by atoms with E-state index in [2.05, 4.69) is 18.9 Å². The number of hydrogen-bond donors (Lipinski definition) is 0. The highest BCUT2D eigenvalue weighted by atomic mass is 16.5. The standard InChI is InChI=1S/C15H18N2O2/c1-10(2)12-5-7-13(8-6-12)19-15(18)14-9-16-17(4)11(14)3/h5-10H,1-4H3. The highest BCUT2D eigenvalue weighted by Crippen LogP contribution is 2.19. The third kappa shape index (κ3) is 2.84. The smallest absolute Gasteiger partial charge is 0.347 e.